The molecule has 8 nitrogen and oxygen atoms in total. The summed E-state index contributed by atoms with van der Waals surface area (Å²) < 4.78 is 59.2. The molecule has 1 aliphatic heterocycles. The number of rotatable bonds is 4. The van der Waals surface area contributed by atoms with Crippen LogP contribution in [-0.2, 0) is 26.5 Å². The van der Waals surface area contributed by atoms with Crippen LogP contribution in [0.1, 0.15) is 19.4 Å². The maximum absolute atomic E-state index is 12.0. The Morgan fingerprint density at radius 3 is 2.21 bits per heavy atom. The highest BCUT2D eigenvalue weighted by atomic mass is 32.3. The Labute approximate surface area is 142 Å². The first kappa shape index (κ1) is 18.8. The van der Waals surface area contributed by atoms with Crippen LogP contribution in [0.15, 0.2) is 12.1 Å². The van der Waals surface area contributed by atoms with E-state index in [1.807, 2.05) is 0 Å². The number of aliphatic hydroxyl groups is 1. The normalized spacial score (nSPS) is 20.0. The summed E-state index contributed by atoms with van der Waals surface area (Å²) in [6.07, 6.45) is 1.10. The molecular weight excluding hydrogens is 358 g/mol. The molecule has 1 unspecified atom stereocenters. The summed E-state index contributed by atoms with van der Waals surface area (Å²) in [5, 5.41) is 10.1. The second-order valence-electron chi connectivity index (χ2n) is 6.28. The lowest BCUT2D eigenvalue weighted by Crippen LogP contribution is -2.46. The lowest BCUT2D eigenvalue weighted by atomic mass is 9.91. The minimum atomic E-state index is -4.11. The summed E-state index contributed by atoms with van der Waals surface area (Å²) in [5.41, 5.74) is -0.447. The monoisotopic (exact) mass is 379 g/mol. The Hall–Kier alpha value is -1.52. The van der Waals surface area contributed by atoms with E-state index in [4.69, 9.17) is 9.47 Å². The number of aliphatic hydroxyl groups excluding tert-OH is 1. The molecule has 0 spiro atoms. The second-order valence-corrected chi connectivity index (χ2v) is 10.2. The number of hydrogen-bond acceptors (Lipinski definition) is 7. The molecule has 1 atom stereocenters. The van der Waals surface area contributed by atoms with Crippen LogP contribution in [0, 0.1) is 0 Å². The number of benzene rings is 1. The number of nitrogens with zero attached hydrogens (tertiary/aromatic N) is 1. The summed E-state index contributed by atoms with van der Waals surface area (Å²) in [7, 11) is -6.92. The fourth-order valence-corrected chi connectivity index (χ4v) is 5.53. The highest BCUT2D eigenvalue weighted by Crippen LogP contribution is 2.42. The van der Waals surface area contributed by atoms with Crippen molar-refractivity contribution in [1.82, 2.24) is 0 Å². The quantitative estimate of drug-likeness (QED) is 0.811. The van der Waals surface area contributed by atoms with E-state index in [2.05, 4.69) is 0 Å². The molecule has 0 saturated carbocycles. The summed E-state index contributed by atoms with van der Waals surface area (Å²) in [6, 6.07) is 2.79. The van der Waals surface area contributed by atoms with Gasteiger partial charge < -0.3 is 14.6 Å². The largest absolute Gasteiger partial charge is 0.494 e. The fraction of sp³-hybridized carbons (Fsp3) is 0.571. The SMILES string of the molecule is COc1cc2c(cc1N(S(C)(=O)=O)S(C)(=O)=O)OC(C)(C)C(O)C2. The Morgan fingerprint density at radius 2 is 1.75 bits per heavy atom. The van der Waals surface area contributed by atoms with E-state index in [1.165, 1.54) is 19.2 Å². The van der Waals surface area contributed by atoms with Crippen molar-refractivity contribution in [2.24, 2.45) is 0 Å². The van der Waals surface area contributed by atoms with Crippen LogP contribution in [0.25, 0.3) is 0 Å². The smallest absolute Gasteiger partial charge is 0.245 e. The minimum Gasteiger partial charge on any atom is -0.494 e. The summed E-state index contributed by atoms with van der Waals surface area (Å²) in [4.78, 5) is 0. The maximum atomic E-state index is 12.0. The van der Waals surface area contributed by atoms with Crippen LogP contribution in [0.4, 0.5) is 5.69 Å². The molecule has 0 saturated heterocycles. The standard InChI is InChI=1S/C14H21NO7S2/c1-14(2)13(16)7-9-6-12(21-3)10(8-11(9)22-14)15(23(4,17)18)24(5,19)20/h6,8,13,16H,7H2,1-5H3. The Balaban J connectivity index is 2.72. The van der Waals surface area contributed by atoms with Crippen molar-refractivity contribution in [3.63, 3.8) is 0 Å². The van der Waals surface area contributed by atoms with Crippen LogP contribution < -0.4 is 13.2 Å². The molecule has 1 aliphatic rings. The minimum absolute atomic E-state index is 0.0557. The van der Waals surface area contributed by atoms with Crippen molar-refractivity contribution >= 4 is 25.7 Å². The summed E-state index contributed by atoms with van der Waals surface area (Å²) in [5.74, 6) is 0.360. The molecule has 0 fully saturated rings. The molecule has 0 amide bonds. The van der Waals surface area contributed by atoms with Gasteiger partial charge in [0.1, 0.15) is 22.8 Å². The highest BCUT2D eigenvalue weighted by Gasteiger charge is 2.38. The van der Waals surface area contributed by atoms with Crippen molar-refractivity contribution in [3.8, 4) is 11.5 Å². The lowest BCUT2D eigenvalue weighted by molar-refractivity contribution is -0.0411. The fourth-order valence-electron chi connectivity index (χ4n) is 2.56. The lowest BCUT2D eigenvalue weighted by Gasteiger charge is -2.37. The number of fused-ring (bicyclic) bond motifs is 1. The average Bonchev–Trinajstić information content (AvgIpc) is 2.36. The van der Waals surface area contributed by atoms with Crippen LogP contribution in [0.5, 0.6) is 11.5 Å². The topological polar surface area (TPSA) is 110 Å². The second kappa shape index (κ2) is 5.78. The zero-order chi connectivity index (χ0) is 18.5. The van der Waals surface area contributed by atoms with Crippen LogP contribution in [0.2, 0.25) is 0 Å². The van der Waals surface area contributed by atoms with Gasteiger partial charge in [-0.15, -0.1) is 0 Å². The number of sulfonamides is 2. The van der Waals surface area contributed by atoms with Crippen molar-refractivity contribution < 1.29 is 31.4 Å². The molecule has 0 radical (unpaired) electrons. The van der Waals surface area contributed by atoms with Crippen molar-refractivity contribution in [2.75, 3.05) is 23.3 Å². The summed E-state index contributed by atoms with van der Waals surface area (Å²) >= 11 is 0. The van der Waals surface area contributed by atoms with Gasteiger partial charge in [0.2, 0.25) is 20.0 Å². The molecule has 1 N–H and O–H groups in total. The zero-order valence-corrected chi connectivity index (χ0v) is 15.7. The van der Waals surface area contributed by atoms with Crippen LogP contribution in [0.3, 0.4) is 0 Å². The van der Waals surface area contributed by atoms with Crippen LogP contribution >= 0.6 is 0 Å². The average molecular weight is 379 g/mol. The van der Waals surface area contributed by atoms with Gasteiger partial charge in [0.15, 0.2) is 0 Å². The Kier molecular flexibility index (Phi) is 4.53. The predicted octanol–water partition coefficient (Wildman–Crippen LogP) is 0.495. The number of anilines is 1. The molecule has 10 heteroatoms. The van der Waals surface area contributed by atoms with Gasteiger partial charge in [-0.05, 0) is 19.9 Å². The van der Waals surface area contributed by atoms with Crippen LogP contribution in [-0.4, -0.2) is 53.3 Å². The summed E-state index contributed by atoms with van der Waals surface area (Å²) in [6.45, 7) is 3.38. The van der Waals surface area contributed by atoms with Gasteiger partial charge in [-0.3, -0.25) is 0 Å². The first-order valence-corrected chi connectivity index (χ1v) is 10.8. The van der Waals surface area contributed by atoms with E-state index < -0.39 is 31.8 Å². The van der Waals surface area contributed by atoms with E-state index in [0.717, 1.165) is 12.5 Å². The van der Waals surface area contributed by atoms with Crippen molar-refractivity contribution in [1.29, 1.82) is 0 Å². The molecule has 1 heterocycles. The molecule has 2 rings (SSSR count). The predicted molar refractivity (Wildman–Crippen MR) is 89.6 cm³/mol. The van der Waals surface area contributed by atoms with E-state index in [-0.39, 0.29) is 17.9 Å². The van der Waals surface area contributed by atoms with Gasteiger partial charge in [-0.2, -0.15) is 3.71 Å². The van der Waals surface area contributed by atoms with Gasteiger partial charge in [0.25, 0.3) is 0 Å². The zero-order valence-electron chi connectivity index (χ0n) is 14.1. The highest BCUT2D eigenvalue weighted by molar-refractivity contribution is 8.09. The molecule has 0 aliphatic carbocycles. The molecule has 1 aromatic carbocycles. The van der Waals surface area contributed by atoms with E-state index in [9.17, 15) is 21.9 Å². The molecule has 0 aromatic heterocycles. The van der Waals surface area contributed by atoms with Gasteiger partial charge in [-0.25, -0.2) is 16.8 Å². The van der Waals surface area contributed by atoms with Gasteiger partial charge in [-0.1, -0.05) is 0 Å². The molecule has 1 aromatic rings. The first-order valence-electron chi connectivity index (χ1n) is 7.06. The molecule has 0 bridgehead atoms. The Bertz CT molecular complexity index is 827. The van der Waals surface area contributed by atoms with Crippen molar-refractivity contribution in [3.05, 3.63) is 17.7 Å². The number of hydrogen-bond donors (Lipinski definition) is 1. The number of ether oxygens (including phenoxy) is 2. The number of methoxy groups -OCH3 is 1. The van der Waals surface area contributed by atoms with E-state index in [0.29, 0.717) is 15.0 Å². The van der Waals surface area contributed by atoms with Gasteiger partial charge in [0, 0.05) is 18.1 Å². The third kappa shape index (κ3) is 3.45. The van der Waals surface area contributed by atoms with E-state index in [1.54, 1.807) is 13.8 Å². The Morgan fingerprint density at radius 1 is 1.21 bits per heavy atom. The van der Waals surface area contributed by atoms with Gasteiger partial charge >= 0.3 is 0 Å². The van der Waals surface area contributed by atoms with Crippen molar-refractivity contribution in [2.45, 2.75) is 32.0 Å². The first-order chi connectivity index (χ1) is 10.8. The molecule has 136 valence electrons. The molecule has 24 heavy (non-hydrogen) atoms. The van der Waals surface area contributed by atoms with Gasteiger partial charge in [0.05, 0.1) is 25.7 Å². The third-order valence-corrected chi connectivity index (χ3v) is 6.97. The third-order valence-electron chi connectivity index (χ3n) is 3.75. The maximum Gasteiger partial charge on any atom is 0.245 e. The molecular formula is C14H21NO7S2. The van der Waals surface area contributed by atoms with E-state index >= 15 is 0 Å².